The molecule has 1 aliphatic heterocycles. The van der Waals surface area contributed by atoms with E-state index in [4.69, 9.17) is 5.73 Å². The third kappa shape index (κ3) is 2.30. The van der Waals surface area contributed by atoms with Gasteiger partial charge in [0, 0.05) is 10.6 Å². The van der Waals surface area contributed by atoms with Crippen molar-refractivity contribution in [1.82, 2.24) is 4.98 Å². The molecule has 0 radical (unpaired) electrons. The molecule has 0 aromatic carbocycles. The molecule has 14 heavy (non-hydrogen) atoms. The maximum atomic E-state index is 6.21. The molecule has 1 saturated heterocycles. The van der Waals surface area contributed by atoms with Gasteiger partial charge in [0.25, 0.3) is 0 Å². The lowest BCUT2D eigenvalue weighted by molar-refractivity contribution is 0.574. The second-order valence-electron chi connectivity index (χ2n) is 3.72. The number of thioether (sulfide) groups is 1. The highest BCUT2D eigenvalue weighted by Crippen LogP contribution is 2.33. The van der Waals surface area contributed by atoms with E-state index in [-0.39, 0.29) is 6.04 Å². The molecule has 2 atom stereocenters. The minimum Gasteiger partial charge on any atom is -0.322 e. The standard InChI is InChI=1S/C10H16N2S2/c1-7-12-8(6-14-7)10(11)9-4-2-3-5-13-9/h6,9-10H,2-5,11H2,1H3. The molecule has 2 rings (SSSR count). The number of nitrogens with two attached hydrogens (primary N) is 1. The Bertz CT molecular complexity index is 292. The molecule has 1 fully saturated rings. The molecule has 0 bridgehead atoms. The zero-order valence-electron chi connectivity index (χ0n) is 8.40. The Morgan fingerprint density at radius 1 is 1.57 bits per heavy atom. The third-order valence-corrected chi connectivity index (χ3v) is 4.87. The first kappa shape index (κ1) is 10.5. The first-order valence-electron chi connectivity index (χ1n) is 5.06. The molecule has 2 N–H and O–H groups in total. The van der Waals surface area contributed by atoms with Crippen molar-refractivity contribution in [2.24, 2.45) is 5.73 Å². The van der Waals surface area contributed by atoms with E-state index in [2.05, 4.69) is 10.4 Å². The second kappa shape index (κ2) is 4.64. The second-order valence-corrected chi connectivity index (χ2v) is 6.13. The molecule has 0 saturated carbocycles. The molecule has 1 aromatic heterocycles. The first-order valence-corrected chi connectivity index (χ1v) is 6.99. The highest BCUT2D eigenvalue weighted by molar-refractivity contribution is 8.00. The fourth-order valence-corrected chi connectivity index (χ4v) is 3.79. The van der Waals surface area contributed by atoms with Crippen LogP contribution in [-0.4, -0.2) is 16.0 Å². The minimum absolute atomic E-state index is 0.144. The van der Waals surface area contributed by atoms with E-state index in [1.54, 1.807) is 11.3 Å². The van der Waals surface area contributed by atoms with E-state index in [9.17, 15) is 0 Å². The third-order valence-electron chi connectivity index (χ3n) is 2.59. The van der Waals surface area contributed by atoms with Crippen LogP contribution in [0.5, 0.6) is 0 Å². The topological polar surface area (TPSA) is 38.9 Å². The highest BCUT2D eigenvalue weighted by atomic mass is 32.2. The van der Waals surface area contributed by atoms with Crippen molar-refractivity contribution in [2.45, 2.75) is 37.5 Å². The van der Waals surface area contributed by atoms with Gasteiger partial charge in [-0.1, -0.05) is 6.42 Å². The fraction of sp³-hybridized carbons (Fsp3) is 0.700. The minimum atomic E-state index is 0.144. The van der Waals surface area contributed by atoms with Gasteiger partial charge in [-0.3, -0.25) is 0 Å². The van der Waals surface area contributed by atoms with Crippen LogP contribution in [0.2, 0.25) is 0 Å². The Morgan fingerprint density at radius 3 is 3.00 bits per heavy atom. The summed E-state index contributed by atoms with van der Waals surface area (Å²) in [4.78, 5) is 4.47. The van der Waals surface area contributed by atoms with E-state index >= 15 is 0 Å². The Morgan fingerprint density at radius 2 is 2.43 bits per heavy atom. The molecule has 0 amide bonds. The van der Waals surface area contributed by atoms with Crippen LogP contribution in [0, 0.1) is 6.92 Å². The van der Waals surface area contributed by atoms with Crippen LogP contribution in [0.25, 0.3) is 0 Å². The largest absolute Gasteiger partial charge is 0.322 e. The van der Waals surface area contributed by atoms with Gasteiger partial charge in [0.05, 0.1) is 16.7 Å². The Labute approximate surface area is 93.3 Å². The van der Waals surface area contributed by atoms with Gasteiger partial charge in [-0.15, -0.1) is 11.3 Å². The Kier molecular flexibility index (Phi) is 3.47. The van der Waals surface area contributed by atoms with Crippen LogP contribution in [0.15, 0.2) is 5.38 Å². The SMILES string of the molecule is Cc1nc(C(N)C2CCCCS2)cs1. The van der Waals surface area contributed by atoms with Gasteiger partial charge in [-0.2, -0.15) is 11.8 Å². The summed E-state index contributed by atoms with van der Waals surface area (Å²) < 4.78 is 0. The van der Waals surface area contributed by atoms with Gasteiger partial charge in [-0.25, -0.2) is 4.98 Å². The monoisotopic (exact) mass is 228 g/mol. The summed E-state index contributed by atoms with van der Waals surface area (Å²) in [6.45, 7) is 2.04. The summed E-state index contributed by atoms with van der Waals surface area (Å²) in [6, 6.07) is 0.144. The summed E-state index contributed by atoms with van der Waals surface area (Å²) >= 11 is 3.71. The average Bonchev–Trinajstić information content (AvgIpc) is 2.65. The van der Waals surface area contributed by atoms with Crippen LogP contribution in [-0.2, 0) is 0 Å². The van der Waals surface area contributed by atoms with Gasteiger partial charge in [-0.05, 0) is 25.5 Å². The molecular formula is C10H16N2S2. The van der Waals surface area contributed by atoms with Crippen LogP contribution in [0.1, 0.15) is 36.0 Å². The lowest BCUT2D eigenvalue weighted by atomic mass is 10.1. The first-order chi connectivity index (χ1) is 6.77. The van der Waals surface area contributed by atoms with E-state index in [0.717, 1.165) is 10.7 Å². The zero-order valence-corrected chi connectivity index (χ0v) is 10.0. The highest BCUT2D eigenvalue weighted by Gasteiger charge is 2.23. The number of rotatable bonds is 2. The molecule has 78 valence electrons. The number of nitrogens with zero attached hydrogens (tertiary/aromatic N) is 1. The van der Waals surface area contributed by atoms with Gasteiger partial charge in [0.1, 0.15) is 0 Å². The summed E-state index contributed by atoms with van der Waals surface area (Å²) in [7, 11) is 0. The number of hydrogen-bond donors (Lipinski definition) is 1. The molecule has 2 nitrogen and oxygen atoms in total. The van der Waals surface area contributed by atoms with Crippen LogP contribution >= 0.6 is 23.1 Å². The quantitative estimate of drug-likeness (QED) is 0.846. The predicted octanol–water partition coefficient (Wildman–Crippen LogP) is 2.74. The van der Waals surface area contributed by atoms with Gasteiger partial charge >= 0.3 is 0 Å². The molecular weight excluding hydrogens is 212 g/mol. The lowest BCUT2D eigenvalue weighted by Crippen LogP contribution is -2.26. The lowest BCUT2D eigenvalue weighted by Gasteiger charge is -2.25. The maximum Gasteiger partial charge on any atom is 0.0898 e. The van der Waals surface area contributed by atoms with Gasteiger partial charge in [0.15, 0.2) is 0 Å². The normalized spacial score (nSPS) is 24.9. The van der Waals surface area contributed by atoms with E-state index in [0.29, 0.717) is 5.25 Å². The number of hydrogen-bond acceptors (Lipinski definition) is 4. The maximum absolute atomic E-state index is 6.21. The number of aromatic nitrogens is 1. The van der Waals surface area contributed by atoms with E-state index < -0.39 is 0 Å². The van der Waals surface area contributed by atoms with E-state index in [1.807, 2.05) is 18.7 Å². The van der Waals surface area contributed by atoms with Crippen LogP contribution < -0.4 is 5.73 Å². The van der Waals surface area contributed by atoms with E-state index in [1.165, 1.54) is 25.0 Å². The summed E-state index contributed by atoms with van der Waals surface area (Å²) in [5.41, 5.74) is 7.30. The molecule has 1 aromatic rings. The van der Waals surface area contributed by atoms with Crippen molar-refractivity contribution in [1.29, 1.82) is 0 Å². The number of thiazole rings is 1. The molecule has 4 heteroatoms. The molecule has 2 unspecified atom stereocenters. The van der Waals surface area contributed by atoms with Gasteiger partial charge in [0.2, 0.25) is 0 Å². The summed E-state index contributed by atoms with van der Waals surface area (Å²) in [5, 5.41) is 3.82. The zero-order chi connectivity index (χ0) is 9.97. The van der Waals surface area contributed by atoms with Crippen LogP contribution in [0.4, 0.5) is 0 Å². The Hall–Kier alpha value is -0.0600. The van der Waals surface area contributed by atoms with Gasteiger partial charge < -0.3 is 5.73 Å². The molecule has 2 heterocycles. The Balaban J connectivity index is 2.03. The van der Waals surface area contributed by atoms with Crippen molar-refractivity contribution < 1.29 is 0 Å². The summed E-state index contributed by atoms with van der Waals surface area (Å²) in [6.07, 6.45) is 3.93. The summed E-state index contributed by atoms with van der Waals surface area (Å²) in [5.74, 6) is 1.27. The van der Waals surface area contributed by atoms with Crippen molar-refractivity contribution >= 4 is 23.1 Å². The predicted molar refractivity (Wildman–Crippen MR) is 63.9 cm³/mol. The molecule has 0 spiro atoms. The van der Waals surface area contributed by atoms with Crippen molar-refractivity contribution in [2.75, 3.05) is 5.75 Å². The number of aryl methyl sites for hydroxylation is 1. The average molecular weight is 228 g/mol. The van der Waals surface area contributed by atoms with Crippen LogP contribution in [0.3, 0.4) is 0 Å². The smallest absolute Gasteiger partial charge is 0.0898 e. The van der Waals surface area contributed by atoms with Crippen molar-refractivity contribution in [3.05, 3.63) is 16.1 Å². The molecule has 1 aliphatic rings. The molecule has 0 aliphatic carbocycles. The van der Waals surface area contributed by atoms with Crippen molar-refractivity contribution in [3.63, 3.8) is 0 Å². The van der Waals surface area contributed by atoms with Crippen molar-refractivity contribution in [3.8, 4) is 0 Å². The fourth-order valence-electron chi connectivity index (χ4n) is 1.77.